The van der Waals surface area contributed by atoms with Gasteiger partial charge in [0.25, 0.3) is 0 Å². The van der Waals surface area contributed by atoms with Crippen LogP contribution in [0.2, 0.25) is 19.6 Å². The molecule has 0 aromatic carbocycles. The van der Waals surface area contributed by atoms with Crippen molar-refractivity contribution in [1.29, 1.82) is 0 Å². The molecule has 0 saturated carbocycles. The first-order chi connectivity index (χ1) is 4.58. The van der Waals surface area contributed by atoms with Crippen LogP contribution in [0.25, 0.3) is 0 Å². The standard InChI is InChI=1S/C8H15NSi/c1-10(2,3)8-9-6-4-5-7-9/h4-7H,8H2,1-3H3. The molecular weight excluding hydrogens is 138 g/mol. The van der Waals surface area contributed by atoms with Crippen molar-refractivity contribution in [3.8, 4) is 0 Å². The van der Waals surface area contributed by atoms with Crippen LogP contribution in [0.3, 0.4) is 0 Å². The van der Waals surface area contributed by atoms with E-state index in [0.29, 0.717) is 0 Å². The lowest BCUT2D eigenvalue weighted by atomic mass is 10.7. The molecular formula is C8H15NSi. The van der Waals surface area contributed by atoms with Gasteiger partial charge in [-0.15, -0.1) is 0 Å². The Hall–Kier alpha value is -0.503. The maximum Gasteiger partial charge on any atom is 0.0670 e. The fourth-order valence-corrected chi connectivity index (χ4v) is 2.33. The van der Waals surface area contributed by atoms with E-state index >= 15 is 0 Å². The molecule has 56 valence electrons. The molecule has 1 nitrogen and oxygen atoms in total. The summed E-state index contributed by atoms with van der Waals surface area (Å²) in [6.07, 6.45) is 5.51. The van der Waals surface area contributed by atoms with Gasteiger partial charge in [-0.1, -0.05) is 19.6 Å². The first-order valence-corrected chi connectivity index (χ1v) is 7.39. The lowest BCUT2D eigenvalue weighted by molar-refractivity contribution is 0.862. The topological polar surface area (TPSA) is 4.93 Å². The van der Waals surface area contributed by atoms with Crippen LogP contribution in [0.4, 0.5) is 0 Å². The van der Waals surface area contributed by atoms with Crippen molar-refractivity contribution in [2.45, 2.75) is 25.8 Å². The second-order valence-corrected chi connectivity index (χ2v) is 9.35. The zero-order valence-electron chi connectivity index (χ0n) is 6.96. The maximum absolute atomic E-state index is 2.38. The van der Waals surface area contributed by atoms with Crippen LogP contribution in [0.15, 0.2) is 24.5 Å². The molecule has 0 aliphatic rings. The Bertz CT molecular complexity index is 184. The summed E-state index contributed by atoms with van der Waals surface area (Å²) in [6.45, 7) is 7.15. The molecule has 0 unspecified atom stereocenters. The van der Waals surface area contributed by atoms with Gasteiger partial charge in [-0.25, -0.2) is 0 Å². The van der Waals surface area contributed by atoms with Gasteiger partial charge in [0.15, 0.2) is 0 Å². The van der Waals surface area contributed by atoms with Crippen molar-refractivity contribution >= 4 is 8.07 Å². The maximum atomic E-state index is 2.38. The second kappa shape index (κ2) is 2.62. The van der Waals surface area contributed by atoms with Crippen molar-refractivity contribution in [2.24, 2.45) is 0 Å². The van der Waals surface area contributed by atoms with Gasteiger partial charge in [-0.3, -0.25) is 0 Å². The number of aromatic nitrogens is 1. The molecule has 0 bridgehead atoms. The summed E-state index contributed by atoms with van der Waals surface area (Å²) in [5.41, 5.74) is 0. The van der Waals surface area contributed by atoms with Gasteiger partial charge in [0.2, 0.25) is 0 Å². The molecule has 0 aliphatic heterocycles. The predicted molar refractivity (Wildman–Crippen MR) is 47.8 cm³/mol. The van der Waals surface area contributed by atoms with Crippen molar-refractivity contribution in [1.82, 2.24) is 4.57 Å². The van der Waals surface area contributed by atoms with Crippen LogP contribution in [-0.4, -0.2) is 12.6 Å². The van der Waals surface area contributed by atoms with Crippen LogP contribution in [0, 0.1) is 0 Å². The van der Waals surface area contributed by atoms with E-state index in [2.05, 4.69) is 48.7 Å². The van der Waals surface area contributed by atoms with Crippen LogP contribution >= 0.6 is 0 Å². The van der Waals surface area contributed by atoms with E-state index in [4.69, 9.17) is 0 Å². The monoisotopic (exact) mass is 153 g/mol. The normalized spacial score (nSPS) is 11.9. The zero-order valence-corrected chi connectivity index (χ0v) is 7.96. The predicted octanol–water partition coefficient (Wildman–Crippen LogP) is 2.37. The summed E-state index contributed by atoms with van der Waals surface area (Å²) >= 11 is 0. The summed E-state index contributed by atoms with van der Waals surface area (Å²) < 4.78 is 2.27. The van der Waals surface area contributed by atoms with Gasteiger partial charge >= 0.3 is 0 Å². The largest absolute Gasteiger partial charge is 0.357 e. The Morgan fingerprint density at radius 3 is 2.00 bits per heavy atom. The molecule has 1 aromatic heterocycles. The minimum atomic E-state index is -0.899. The quantitative estimate of drug-likeness (QED) is 0.575. The molecule has 0 saturated heterocycles. The SMILES string of the molecule is C[Si](C)(C)Cn1cccc1. The van der Waals surface area contributed by atoms with E-state index < -0.39 is 8.07 Å². The van der Waals surface area contributed by atoms with Gasteiger partial charge in [0.05, 0.1) is 8.07 Å². The smallest absolute Gasteiger partial charge is 0.0670 e. The summed E-state index contributed by atoms with van der Waals surface area (Å²) in [5, 5.41) is 0. The Labute approximate surface area is 63.7 Å². The van der Waals surface area contributed by atoms with Crippen LogP contribution in [-0.2, 0) is 6.17 Å². The number of rotatable bonds is 2. The molecule has 0 aliphatic carbocycles. The van der Waals surface area contributed by atoms with E-state index in [0.717, 1.165) is 0 Å². The van der Waals surface area contributed by atoms with Gasteiger partial charge in [-0.2, -0.15) is 0 Å². The van der Waals surface area contributed by atoms with E-state index in [1.807, 2.05) is 0 Å². The zero-order chi connectivity index (χ0) is 7.61. The molecule has 0 amide bonds. The second-order valence-electron chi connectivity index (χ2n) is 3.92. The first kappa shape index (κ1) is 7.60. The van der Waals surface area contributed by atoms with E-state index in [1.54, 1.807) is 0 Å². The van der Waals surface area contributed by atoms with Gasteiger partial charge in [0.1, 0.15) is 0 Å². The number of hydrogen-bond acceptors (Lipinski definition) is 0. The molecule has 1 rings (SSSR count). The molecule has 2 heteroatoms. The molecule has 1 aromatic rings. The highest BCUT2D eigenvalue weighted by Crippen LogP contribution is 2.04. The first-order valence-electron chi connectivity index (χ1n) is 3.69. The Morgan fingerprint density at radius 1 is 1.10 bits per heavy atom. The summed E-state index contributed by atoms with van der Waals surface area (Å²) in [6, 6.07) is 4.17. The Balaban J connectivity index is 2.57. The average Bonchev–Trinajstić information content (AvgIpc) is 2.12. The number of nitrogens with zero attached hydrogens (tertiary/aromatic N) is 1. The molecule has 0 fully saturated rings. The van der Waals surface area contributed by atoms with Crippen LogP contribution < -0.4 is 0 Å². The van der Waals surface area contributed by atoms with Crippen LogP contribution in [0.1, 0.15) is 0 Å². The summed E-state index contributed by atoms with van der Waals surface area (Å²) in [5.74, 6) is 0. The molecule has 0 atom stereocenters. The highest BCUT2D eigenvalue weighted by molar-refractivity contribution is 6.74. The van der Waals surface area contributed by atoms with Gasteiger partial charge in [-0.05, 0) is 12.1 Å². The lowest BCUT2D eigenvalue weighted by Gasteiger charge is -2.16. The number of hydrogen-bond donors (Lipinski definition) is 0. The molecule has 0 spiro atoms. The molecule has 1 heterocycles. The Kier molecular flexibility index (Phi) is 1.99. The van der Waals surface area contributed by atoms with E-state index in [-0.39, 0.29) is 0 Å². The lowest BCUT2D eigenvalue weighted by Crippen LogP contribution is -2.27. The van der Waals surface area contributed by atoms with E-state index in [9.17, 15) is 0 Å². The summed E-state index contributed by atoms with van der Waals surface area (Å²) in [4.78, 5) is 0. The highest BCUT2D eigenvalue weighted by Gasteiger charge is 2.12. The minimum Gasteiger partial charge on any atom is -0.357 e. The summed E-state index contributed by atoms with van der Waals surface area (Å²) in [7, 11) is -0.899. The minimum absolute atomic E-state index is 0.899. The van der Waals surface area contributed by atoms with Crippen molar-refractivity contribution in [3.63, 3.8) is 0 Å². The fourth-order valence-electron chi connectivity index (χ4n) is 1.02. The van der Waals surface area contributed by atoms with Gasteiger partial charge < -0.3 is 4.57 Å². The van der Waals surface area contributed by atoms with Crippen molar-refractivity contribution in [3.05, 3.63) is 24.5 Å². The average molecular weight is 153 g/mol. The fraction of sp³-hybridized carbons (Fsp3) is 0.500. The molecule has 10 heavy (non-hydrogen) atoms. The third kappa shape index (κ3) is 2.39. The molecule has 0 N–H and O–H groups in total. The Morgan fingerprint density at radius 2 is 1.60 bits per heavy atom. The van der Waals surface area contributed by atoms with Crippen molar-refractivity contribution in [2.75, 3.05) is 0 Å². The third-order valence-electron chi connectivity index (χ3n) is 1.32. The third-order valence-corrected chi connectivity index (χ3v) is 2.64. The van der Waals surface area contributed by atoms with Crippen molar-refractivity contribution < 1.29 is 0 Å². The molecule has 0 radical (unpaired) electrons. The van der Waals surface area contributed by atoms with Gasteiger partial charge in [0, 0.05) is 18.6 Å². The highest BCUT2D eigenvalue weighted by atomic mass is 28.3. The van der Waals surface area contributed by atoms with Crippen LogP contribution in [0.5, 0.6) is 0 Å². The van der Waals surface area contributed by atoms with E-state index in [1.165, 1.54) is 6.17 Å².